The number of nitrogens with one attached hydrogen (secondary N) is 1. The van der Waals surface area contributed by atoms with Crippen LogP contribution in [0.5, 0.6) is 0 Å². The largest absolute Gasteiger partial charge is 0.444 e. The number of ether oxygens (including phenoxy) is 1. The smallest absolute Gasteiger partial charge is 0.419 e. The van der Waals surface area contributed by atoms with Crippen molar-refractivity contribution in [3.8, 4) is 11.1 Å². The van der Waals surface area contributed by atoms with Crippen molar-refractivity contribution < 1.29 is 27.5 Å². The van der Waals surface area contributed by atoms with Crippen LogP contribution in [0, 0.1) is 5.41 Å². The highest BCUT2D eigenvalue weighted by molar-refractivity contribution is 6.08. The van der Waals surface area contributed by atoms with Gasteiger partial charge in [-0.25, -0.2) is 9.69 Å². The molecule has 0 unspecified atom stereocenters. The number of carbonyl (C=O) groups excluding carboxylic acids is 2. The number of fused-ring (bicyclic) bond motifs is 3. The molecule has 1 saturated heterocycles. The van der Waals surface area contributed by atoms with Crippen LogP contribution < -0.4 is 15.5 Å². The molecule has 45 heavy (non-hydrogen) atoms. The van der Waals surface area contributed by atoms with Gasteiger partial charge in [-0.3, -0.25) is 9.78 Å². The zero-order valence-corrected chi connectivity index (χ0v) is 24.7. The Morgan fingerprint density at radius 2 is 1.73 bits per heavy atom. The van der Waals surface area contributed by atoms with Gasteiger partial charge in [0.1, 0.15) is 6.61 Å². The maximum absolute atomic E-state index is 14.6. The van der Waals surface area contributed by atoms with Crippen LogP contribution in [0.3, 0.4) is 0 Å². The van der Waals surface area contributed by atoms with Gasteiger partial charge in [0, 0.05) is 72.4 Å². The number of cyclic esters (lactones) is 1. The molecule has 3 aromatic carbocycles. The van der Waals surface area contributed by atoms with E-state index in [-0.39, 0.29) is 37.0 Å². The Labute approximate surface area is 257 Å². The Hall–Kier alpha value is -5.13. The first-order valence-corrected chi connectivity index (χ1v) is 14.5. The first kappa shape index (κ1) is 29.9. The number of nitrogens with two attached hydrogens (primary N) is 1. The zero-order chi connectivity index (χ0) is 32.0. The number of hydrogen-bond donors (Lipinski definition) is 2. The van der Waals surface area contributed by atoms with E-state index in [9.17, 15) is 22.8 Å². The Balaban J connectivity index is 1.44. The zero-order valence-electron chi connectivity index (χ0n) is 24.7. The normalized spacial score (nSPS) is 15.2. The highest BCUT2D eigenvalue weighted by Crippen LogP contribution is 2.44. The van der Waals surface area contributed by atoms with Crippen LogP contribution in [0.4, 0.5) is 40.7 Å². The topological polar surface area (TPSA) is 116 Å². The van der Waals surface area contributed by atoms with E-state index >= 15 is 0 Å². The first-order valence-electron chi connectivity index (χ1n) is 14.5. The van der Waals surface area contributed by atoms with Gasteiger partial charge in [-0.1, -0.05) is 19.1 Å². The predicted octanol–water partition coefficient (Wildman–Crippen LogP) is 6.74. The molecule has 3 N–H and O–H groups in total. The number of anilines is 4. The molecule has 2 aliphatic heterocycles. The summed E-state index contributed by atoms with van der Waals surface area (Å²) in [6.45, 7) is 4.49. The molecule has 0 spiro atoms. The van der Waals surface area contributed by atoms with Gasteiger partial charge in [0.05, 0.1) is 22.5 Å². The highest BCUT2D eigenvalue weighted by Gasteiger charge is 2.38. The molecule has 2 amide bonds. The molecule has 4 aromatic rings. The summed E-state index contributed by atoms with van der Waals surface area (Å²) >= 11 is 0. The minimum atomic E-state index is -4.71. The maximum atomic E-state index is 14.6. The number of piperazine rings is 1. The second kappa shape index (κ2) is 11.4. The molecular formula is C33H31F3N6O3. The van der Waals surface area contributed by atoms with Crippen molar-refractivity contribution in [3.63, 3.8) is 0 Å². The van der Waals surface area contributed by atoms with Crippen molar-refractivity contribution in [2.24, 2.45) is 0 Å². The molecule has 0 bridgehead atoms. The van der Waals surface area contributed by atoms with Gasteiger partial charge in [0.15, 0.2) is 0 Å². The van der Waals surface area contributed by atoms with Gasteiger partial charge in [-0.05, 0) is 60.5 Å². The third-order valence-electron chi connectivity index (χ3n) is 8.28. The molecule has 3 heterocycles. The van der Waals surface area contributed by atoms with Crippen molar-refractivity contribution in [3.05, 3.63) is 77.5 Å². The van der Waals surface area contributed by atoms with Gasteiger partial charge in [-0.2, -0.15) is 13.2 Å². The highest BCUT2D eigenvalue weighted by atomic mass is 19.4. The molecule has 0 aliphatic carbocycles. The number of pyridine rings is 1. The van der Waals surface area contributed by atoms with Gasteiger partial charge in [-0.15, -0.1) is 0 Å². The molecule has 232 valence electrons. The third-order valence-corrected chi connectivity index (χ3v) is 8.28. The number of benzene rings is 3. The average Bonchev–Trinajstić information content (AvgIpc) is 3.03. The van der Waals surface area contributed by atoms with E-state index in [4.69, 9.17) is 15.9 Å². The second-order valence-corrected chi connectivity index (χ2v) is 11.1. The quantitative estimate of drug-likeness (QED) is 0.190. The summed E-state index contributed by atoms with van der Waals surface area (Å²) in [6.07, 6.45) is -3.61. The van der Waals surface area contributed by atoms with Crippen LogP contribution in [0.15, 0.2) is 60.8 Å². The molecule has 0 atom stereocenters. The lowest BCUT2D eigenvalue weighted by atomic mass is 9.97. The Morgan fingerprint density at radius 3 is 2.42 bits per heavy atom. The van der Waals surface area contributed by atoms with Crippen molar-refractivity contribution in [2.45, 2.75) is 33.1 Å². The molecule has 1 aromatic heterocycles. The Bertz CT molecular complexity index is 1850. The summed E-state index contributed by atoms with van der Waals surface area (Å²) in [5.41, 5.74) is 9.56. The van der Waals surface area contributed by atoms with Crippen LogP contribution >= 0.6 is 0 Å². The van der Waals surface area contributed by atoms with Crippen LogP contribution in [-0.4, -0.2) is 53.8 Å². The van der Waals surface area contributed by atoms with E-state index in [0.29, 0.717) is 58.6 Å². The number of alkyl halides is 3. The summed E-state index contributed by atoms with van der Waals surface area (Å²) in [7, 11) is 0. The van der Waals surface area contributed by atoms with Crippen LogP contribution in [0.1, 0.15) is 37.0 Å². The van der Waals surface area contributed by atoms with E-state index in [1.165, 1.54) is 17.0 Å². The standard InChI is InChI=1S/C33H31F3N6O3/c1-3-30(43)41-12-10-40(11-13-41)29-9-6-23(16-26(29)33(34,35)36)42-31-22(18-45-32(42)44)17-39-28-8-5-21(15-25(28)31)20-4-7-27(38)24(14-20)19(2)37/h4-9,14-17,37H,3,10-13,18,38H2,1-2H3. The van der Waals surface area contributed by atoms with E-state index in [1.54, 1.807) is 48.0 Å². The molecule has 12 heteroatoms. The van der Waals surface area contributed by atoms with Crippen molar-refractivity contribution in [1.29, 1.82) is 5.41 Å². The van der Waals surface area contributed by atoms with Crippen molar-refractivity contribution in [1.82, 2.24) is 9.88 Å². The fourth-order valence-electron chi connectivity index (χ4n) is 5.95. The summed E-state index contributed by atoms with van der Waals surface area (Å²) in [4.78, 5) is 34.4. The number of nitrogens with zero attached hydrogens (tertiary/aromatic N) is 4. The average molecular weight is 617 g/mol. The third kappa shape index (κ3) is 5.52. The number of aromatic nitrogens is 1. The predicted molar refractivity (Wildman–Crippen MR) is 167 cm³/mol. The lowest BCUT2D eigenvalue weighted by Crippen LogP contribution is -2.49. The minimum Gasteiger partial charge on any atom is -0.444 e. The number of rotatable bonds is 5. The first-order chi connectivity index (χ1) is 21.5. The van der Waals surface area contributed by atoms with Gasteiger partial charge in [0.25, 0.3) is 0 Å². The SMILES string of the molecule is CCC(=O)N1CCN(c2ccc(N3C(=O)OCc4cnc5ccc(-c6ccc(N)c(C(C)=N)c6)cc5c43)cc2C(F)(F)F)CC1. The van der Waals surface area contributed by atoms with Crippen molar-refractivity contribution >= 4 is 51.4 Å². The minimum absolute atomic E-state index is 0.00364. The summed E-state index contributed by atoms with van der Waals surface area (Å²) < 4.78 is 49.1. The molecule has 1 fully saturated rings. The van der Waals surface area contributed by atoms with Crippen LogP contribution in [0.25, 0.3) is 22.0 Å². The Morgan fingerprint density at radius 1 is 1.02 bits per heavy atom. The van der Waals surface area contributed by atoms with Gasteiger partial charge < -0.3 is 25.7 Å². The molecule has 9 nitrogen and oxygen atoms in total. The lowest BCUT2D eigenvalue weighted by Gasteiger charge is -2.37. The Kier molecular flexibility index (Phi) is 7.59. The van der Waals surface area contributed by atoms with Crippen LogP contribution in [-0.2, 0) is 22.3 Å². The molecule has 0 saturated carbocycles. The maximum Gasteiger partial charge on any atom is 0.419 e. The molecule has 0 radical (unpaired) electrons. The number of hydrogen-bond acceptors (Lipinski definition) is 7. The number of nitrogen functional groups attached to an aromatic ring is 1. The fourth-order valence-corrected chi connectivity index (χ4v) is 5.95. The molecular weight excluding hydrogens is 585 g/mol. The monoisotopic (exact) mass is 616 g/mol. The second-order valence-electron chi connectivity index (χ2n) is 11.1. The van der Waals surface area contributed by atoms with Gasteiger partial charge in [0.2, 0.25) is 5.91 Å². The molecule has 2 aliphatic rings. The fraction of sp³-hybridized carbons (Fsp3) is 0.273. The summed E-state index contributed by atoms with van der Waals surface area (Å²) in [5.74, 6) is -0.0325. The number of carbonyl (C=O) groups is 2. The van der Waals surface area contributed by atoms with Gasteiger partial charge >= 0.3 is 12.3 Å². The molecule has 6 rings (SSSR count). The summed E-state index contributed by atoms with van der Waals surface area (Å²) in [6, 6.07) is 14.7. The van der Waals surface area contributed by atoms with Crippen LogP contribution in [0.2, 0.25) is 0 Å². The lowest BCUT2D eigenvalue weighted by molar-refractivity contribution is -0.137. The van der Waals surface area contributed by atoms with Crippen molar-refractivity contribution in [2.75, 3.05) is 41.7 Å². The van der Waals surface area contributed by atoms with E-state index in [0.717, 1.165) is 17.2 Å². The van der Waals surface area contributed by atoms with E-state index in [2.05, 4.69) is 4.98 Å². The number of amides is 2. The number of halogens is 3. The van der Waals surface area contributed by atoms with E-state index < -0.39 is 17.8 Å². The van der Waals surface area contributed by atoms with E-state index in [1.807, 2.05) is 18.2 Å². The summed E-state index contributed by atoms with van der Waals surface area (Å²) in [5, 5.41) is 8.62.